The second-order valence-corrected chi connectivity index (χ2v) is 6.61. The van der Waals surface area contributed by atoms with E-state index in [1.165, 1.54) is 16.8 Å². The van der Waals surface area contributed by atoms with Gasteiger partial charge < -0.3 is 4.90 Å². The highest BCUT2D eigenvalue weighted by Crippen LogP contribution is 2.26. The highest BCUT2D eigenvalue weighted by atomic mass is 79.9. The van der Waals surface area contributed by atoms with E-state index in [1.54, 1.807) is 0 Å². The lowest BCUT2D eigenvalue weighted by atomic mass is 10.1. The Balaban J connectivity index is 2.27. The van der Waals surface area contributed by atoms with Crippen molar-refractivity contribution >= 4 is 21.6 Å². The third kappa shape index (κ3) is 4.11. The molecule has 0 saturated carbocycles. The van der Waals surface area contributed by atoms with Gasteiger partial charge in [0.2, 0.25) is 0 Å². The largest absolute Gasteiger partial charge is 0.367 e. The van der Waals surface area contributed by atoms with Crippen LogP contribution in [0.25, 0.3) is 0 Å². The maximum absolute atomic E-state index is 3.54. The van der Waals surface area contributed by atoms with E-state index in [4.69, 9.17) is 0 Å². The fourth-order valence-electron chi connectivity index (χ4n) is 2.47. The van der Waals surface area contributed by atoms with Gasteiger partial charge in [0.25, 0.3) is 0 Å². The van der Waals surface area contributed by atoms with E-state index in [-0.39, 0.29) is 0 Å². The minimum absolute atomic E-state index is 0.641. The summed E-state index contributed by atoms with van der Waals surface area (Å²) in [5.74, 6) is 0.641. The van der Waals surface area contributed by atoms with E-state index in [1.807, 2.05) is 0 Å². The number of halogens is 1. The zero-order valence-corrected chi connectivity index (χ0v) is 14.0. The van der Waals surface area contributed by atoms with Crippen molar-refractivity contribution in [1.82, 2.24) is 0 Å². The van der Waals surface area contributed by atoms with Crippen LogP contribution in [0.4, 0.5) is 5.69 Å². The van der Waals surface area contributed by atoms with Crippen LogP contribution >= 0.6 is 15.9 Å². The van der Waals surface area contributed by atoms with Gasteiger partial charge in [0.05, 0.1) is 0 Å². The predicted octanol–water partition coefficient (Wildman–Crippen LogP) is 5.42. The summed E-state index contributed by atoms with van der Waals surface area (Å²) in [6, 6.07) is 17.2. The molecule has 0 amide bonds. The fourth-order valence-corrected chi connectivity index (χ4v) is 2.94. The third-order valence-corrected chi connectivity index (χ3v) is 3.79. The fraction of sp³-hybridized carbons (Fsp3) is 0.333. The molecule has 0 spiro atoms. The molecule has 0 heterocycles. The minimum Gasteiger partial charge on any atom is -0.367 e. The molecule has 0 atom stereocenters. The summed E-state index contributed by atoms with van der Waals surface area (Å²) in [5, 5.41) is 0. The Bertz CT molecular complexity index is 549. The molecule has 1 nitrogen and oxygen atoms in total. The monoisotopic (exact) mass is 331 g/mol. The van der Waals surface area contributed by atoms with Crippen molar-refractivity contribution in [3.8, 4) is 0 Å². The molecule has 106 valence electrons. The number of hydrogen-bond acceptors (Lipinski definition) is 1. The van der Waals surface area contributed by atoms with E-state index >= 15 is 0 Å². The molecule has 2 aromatic carbocycles. The van der Waals surface area contributed by atoms with Crippen LogP contribution in [0.15, 0.2) is 53.0 Å². The smallest absolute Gasteiger partial charge is 0.0429 e. The molecular weight excluding hydrogens is 310 g/mol. The van der Waals surface area contributed by atoms with Gasteiger partial charge in [0.1, 0.15) is 0 Å². The Labute approximate surface area is 130 Å². The number of rotatable bonds is 5. The molecular formula is C18H22BrN. The number of aryl methyl sites for hydroxylation is 1. The normalized spacial score (nSPS) is 10.8. The van der Waals surface area contributed by atoms with E-state index in [9.17, 15) is 0 Å². The Morgan fingerprint density at radius 2 is 1.75 bits per heavy atom. The van der Waals surface area contributed by atoms with Gasteiger partial charge >= 0.3 is 0 Å². The average Bonchev–Trinajstić information content (AvgIpc) is 2.38. The predicted molar refractivity (Wildman–Crippen MR) is 91.2 cm³/mol. The first-order chi connectivity index (χ1) is 9.56. The van der Waals surface area contributed by atoms with Crippen LogP contribution in [0, 0.1) is 12.8 Å². The Morgan fingerprint density at radius 3 is 2.35 bits per heavy atom. The molecule has 0 bridgehead atoms. The van der Waals surface area contributed by atoms with Gasteiger partial charge in [-0.1, -0.05) is 60.1 Å². The quantitative estimate of drug-likeness (QED) is 0.707. The molecule has 2 heteroatoms. The molecule has 2 aromatic rings. The van der Waals surface area contributed by atoms with Crippen LogP contribution in [-0.4, -0.2) is 6.54 Å². The summed E-state index contributed by atoms with van der Waals surface area (Å²) in [7, 11) is 0. The zero-order valence-electron chi connectivity index (χ0n) is 12.4. The third-order valence-electron chi connectivity index (χ3n) is 3.30. The van der Waals surface area contributed by atoms with E-state index in [0.717, 1.165) is 17.6 Å². The lowest BCUT2D eigenvalue weighted by molar-refractivity contribution is 0.608. The van der Waals surface area contributed by atoms with Crippen molar-refractivity contribution in [1.29, 1.82) is 0 Å². The Morgan fingerprint density at radius 1 is 1.05 bits per heavy atom. The molecule has 20 heavy (non-hydrogen) atoms. The topological polar surface area (TPSA) is 3.24 Å². The first-order valence-electron chi connectivity index (χ1n) is 7.11. The van der Waals surface area contributed by atoms with Crippen LogP contribution in [0.1, 0.15) is 25.0 Å². The van der Waals surface area contributed by atoms with Gasteiger partial charge in [-0.3, -0.25) is 0 Å². The van der Waals surface area contributed by atoms with Gasteiger partial charge in [0, 0.05) is 23.2 Å². The summed E-state index contributed by atoms with van der Waals surface area (Å²) in [6.45, 7) is 8.75. The maximum atomic E-state index is 3.54. The van der Waals surface area contributed by atoms with Crippen LogP contribution < -0.4 is 4.90 Å². The molecule has 0 aliphatic carbocycles. The van der Waals surface area contributed by atoms with Gasteiger partial charge in [-0.05, 0) is 42.2 Å². The number of benzene rings is 2. The van der Waals surface area contributed by atoms with Crippen molar-refractivity contribution in [2.75, 3.05) is 11.4 Å². The standard InChI is InChI=1S/C18H22BrN/c1-14(2)12-20(13-16-7-5-4-6-8-16)18-10-9-17(19)11-15(18)3/h4-11,14H,12-13H2,1-3H3. The van der Waals surface area contributed by atoms with Crippen LogP contribution in [-0.2, 0) is 6.54 Å². The summed E-state index contributed by atoms with van der Waals surface area (Å²) in [6.07, 6.45) is 0. The van der Waals surface area contributed by atoms with Crippen LogP contribution in [0.2, 0.25) is 0 Å². The second-order valence-electron chi connectivity index (χ2n) is 5.69. The van der Waals surface area contributed by atoms with Crippen molar-refractivity contribution in [3.05, 3.63) is 64.1 Å². The van der Waals surface area contributed by atoms with Crippen LogP contribution in [0.5, 0.6) is 0 Å². The molecule has 0 N–H and O–H groups in total. The van der Waals surface area contributed by atoms with E-state index in [0.29, 0.717) is 5.92 Å². The van der Waals surface area contributed by atoms with Crippen molar-refractivity contribution < 1.29 is 0 Å². The highest BCUT2D eigenvalue weighted by molar-refractivity contribution is 9.10. The number of anilines is 1. The molecule has 0 saturated heterocycles. The summed E-state index contributed by atoms with van der Waals surface area (Å²) in [5.41, 5.74) is 4.00. The van der Waals surface area contributed by atoms with E-state index < -0.39 is 0 Å². The minimum atomic E-state index is 0.641. The maximum Gasteiger partial charge on any atom is 0.0429 e. The van der Waals surface area contributed by atoms with Crippen molar-refractivity contribution in [3.63, 3.8) is 0 Å². The highest BCUT2D eigenvalue weighted by Gasteiger charge is 2.12. The molecule has 2 rings (SSSR count). The zero-order chi connectivity index (χ0) is 14.5. The average molecular weight is 332 g/mol. The van der Waals surface area contributed by atoms with Crippen LogP contribution in [0.3, 0.4) is 0 Å². The molecule has 0 radical (unpaired) electrons. The molecule has 0 fully saturated rings. The lowest BCUT2D eigenvalue weighted by Gasteiger charge is -2.28. The van der Waals surface area contributed by atoms with Gasteiger partial charge in [-0.2, -0.15) is 0 Å². The van der Waals surface area contributed by atoms with Gasteiger partial charge in [-0.15, -0.1) is 0 Å². The lowest BCUT2D eigenvalue weighted by Crippen LogP contribution is -2.27. The Hall–Kier alpha value is -1.28. The molecule has 0 unspecified atom stereocenters. The second kappa shape index (κ2) is 6.94. The summed E-state index contributed by atoms with van der Waals surface area (Å²) >= 11 is 3.54. The molecule has 0 aromatic heterocycles. The summed E-state index contributed by atoms with van der Waals surface area (Å²) < 4.78 is 1.14. The van der Waals surface area contributed by atoms with E-state index in [2.05, 4.69) is 90.1 Å². The first-order valence-corrected chi connectivity index (χ1v) is 7.90. The molecule has 0 aliphatic heterocycles. The first kappa shape index (κ1) is 15.1. The number of nitrogens with zero attached hydrogens (tertiary/aromatic N) is 1. The van der Waals surface area contributed by atoms with Gasteiger partial charge in [0.15, 0.2) is 0 Å². The van der Waals surface area contributed by atoms with Crippen molar-refractivity contribution in [2.45, 2.75) is 27.3 Å². The number of hydrogen-bond donors (Lipinski definition) is 0. The SMILES string of the molecule is Cc1cc(Br)ccc1N(Cc1ccccc1)CC(C)C. The Kier molecular flexibility index (Phi) is 5.24. The summed E-state index contributed by atoms with van der Waals surface area (Å²) in [4.78, 5) is 2.47. The van der Waals surface area contributed by atoms with Crippen molar-refractivity contribution in [2.24, 2.45) is 5.92 Å². The van der Waals surface area contributed by atoms with Gasteiger partial charge in [-0.25, -0.2) is 0 Å². The molecule has 0 aliphatic rings.